The lowest BCUT2D eigenvalue weighted by Crippen LogP contribution is -2.44. The summed E-state index contributed by atoms with van der Waals surface area (Å²) in [5, 5.41) is 11.3. The fourth-order valence-corrected chi connectivity index (χ4v) is 7.41. The molecule has 36 heavy (non-hydrogen) atoms. The SMILES string of the molecule is Cn1c(C(O)C2CCN(CC34CC(c5ccccc53)c3ccccc34)CC2)cnc1-c1ccccc1. The Morgan fingerprint density at radius 2 is 1.50 bits per heavy atom. The summed E-state index contributed by atoms with van der Waals surface area (Å²) >= 11 is 0. The summed E-state index contributed by atoms with van der Waals surface area (Å²) in [6.07, 6.45) is 4.60. The average molecular weight is 476 g/mol. The molecule has 0 spiro atoms. The van der Waals surface area contributed by atoms with Gasteiger partial charge in [0.2, 0.25) is 0 Å². The Bertz CT molecular complexity index is 1350. The van der Waals surface area contributed by atoms with Crippen molar-refractivity contribution in [1.29, 1.82) is 0 Å². The van der Waals surface area contributed by atoms with E-state index in [1.54, 1.807) is 11.1 Å². The molecule has 1 aliphatic heterocycles. The summed E-state index contributed by atoms with van der Waals surface area (Å²) in [4.78, 5) is 7.30. The molecule has 0 saturated carbocycles. The molecule has 4 nitrogen and oxygen atoms in total. The standard InChI is InChI=1S/C32H33N3O/c1-34-29(20-33-31(34)23-9-3-2-4-10-23)30(36)22-15-17-35(18-16-22)21-32-19-26(24-11-5-7-13-27(24)32)25-12-6-8-14-28(25)32/h2-14,20,22,26,30,36H,15-19,21H2,1H3. The van der Waals surface area contributed by atoms with Gasteiger partial charge in [-0.15, -0.1) is 0 Å². The van der Waals surface area contributed by atoms with Crippen LogP contribution in [0.5, 0.6) is 0 Å². The summed E-state index contributed by atoms with van der Waals surface area (Å²) in [6.45, 7) is 3.13. The zero-order valence-corrected chi connectivity index (χ0v) is 20.8. The molecular formula is C32H33N3O. The van der Waals surface area contributed by atoms with E-state index in [1.165, 1.54) is 17.5 Å². The van der Waals surface area contributed by atoms with Gasteiger partial charge in [-0.1, -0.05) is 78.9 Å². The van der Waals surface area contributed by atoms with E-state index in [4.69, 9.17) is 0 Å². The molecule has 182 valence electrons. The predicted molar refractivity (Wildman–Crippen MR) is 143 cm³/mol. The van der Waals surface area contributed by atoms with Crippen molar-refractivity contribution >= 4 is 0 Å². The monoisotopic (exact) mass is 475 g/mol. The third-order valence-corrected chi connectivity index (χ3v) is 9.19. The second-order valence-electron chi connectivity index (χ2n) is 11.0. The van der Waals surface area contributed by atoms with Gasteiger partial charge in [0.15, 0.2) is 0 Å². The Hall–Kier alpha value is -3.21. The molecule has 4 heteroatoms. The van der Waals surface area contributed by atoms with Crippen molar-refractivity contribution in [2.75, 3.05) is 19.6 Å². The first kappa shape index (κ1) is 22.0. The Morgan fingerprint density at radius 1 is 0.889 bits per heavy atom. The van der Waals surface area contributed by atoms with Gasteiger partial charge in [0.1, 0.15) is 5.82 Å². The number of benzene rings is 3. The fourth-order valence-electron chi connectivity index (χ4n) is 7.41. The maximum absolute atomic E-state index is 11.3. The number of hydrogen-bond acceptors (Lipinski definition) is 3. The molecule has 1 N–H and O–H groups in total. The van der Waals surface area contributed by atoms with Crippen LogP contribution in [0.3, 0.4) is 0 Å². The molecule has 0 radical (unpaired) electrons. The van der Waals surface area contributed by atoms with Crippen molar-refractivity contribution in [1.82, 2.24) is 14.5 Å². The van der Waals surface area contributed by atoms with E-state index in [1.807, 2.05) is 31.4 Å². The number of hydrogen-bond donors (Lipinski definition) is 1. The maximum atomic E-state index is 11.3. The number of aromatic nitrogens is 2. The molecule has 2 heterocycles. The smallest absolute Gasteiger partial charge is 0.139 e. The van der Waals surface area contributed by atoms with Crippen molar-refractivity contribution in [3.8, 4) is 11.4 Å². The van der Waals surface area contributed by atoms with Gasteiger partial charge in [0.05, 0.1) is 18.0 Å². The summed E-state index contributed by atoms with van der Waals surface area (Å²) in [5.41, 5.74) is 8.26. The Labute approximate surface area is 213 Å². The van der Waals surface area contributed by atoms with E-state index in [0.717, 1.165) is 49.6 Å². The first-order valence-electron chi connectivity index (χ1n) is 13.3. The van der Waals surface area contributed by atoms with Crippen LogP contribution < -0.4 is 0 Å². The number of aliphatic hydroxyl groups is 1. The third-order valence-electron chi connectivity index (χ3n) is 9.19. The quantitative estimate of drug-likeness (QED) is 0.405. The van der Waals surface area contributed by atoms with Crippen LogP contribution in [0.1, 0.15) is 59.2 Å². The summed E-state index contributed by atoms with van der Waals surface area (Å²) in [6, 6.07) is 28.5. The van der Waals surface area contributed by atoms with Gasteiger partial charge in [-0.05, 0) is 60.5 Å². The van der Waals surface area contributed by atoms with E-state index >= 15 is 0 Å². The van der Waals surface area contributed by atoms with E-state index < -0.39 is 6.10 Å². The molecule has 4 aromatic rings. The number of piperidine rings is 1. The minimum Gasteiger partial charge on any atom is -0.387 e. The van der Waals surface area contributed by atoms with Gasteiger partial charge >= 0.3 is 0 Å². The molecule has 1 unspecified atom stereocenters. The fraction of sp³-hybridized carbons (Fsp3) is 0.344. The molecule has 1 aromatic heterocycles. The van der Waals surface area contributed by atoms with Crippen molar-refractivity contribution in [2.45, 2.75) is 36.7 Å². The number of rotatable bonds is 5. The van der Waals surface area contributed by atoms with Crippen molar-refractivity contribution < 1.29 is 5.11 Å². The van der Waals surface area contributed by atoms with E-state index in [2.05, 4.69) is 75.1 Å². The van der Waals surface area contributed by atoms with Crippen LogP contribution in [0, 0.1) is 5.92 Å². The van der Waals surface area contributed by atoms with Crippen LogP contribution in [0.4, 0.5) is 0 Å². The first-order valence-corrected chi connectivity index (χ1v) is 13.3. The highest BCUT2D eigenvalue weighted by molar-refractivity contribution is 5.63. The van der Waals surface area contributed by atoms with Gasteiger partial charge in [0.25, 0.3) is 0 Å². The zero-order valence-electron chi connectivity index (χ0n) is 20.8. The molecule has 1 fully saturated rings. The van der Waals surface area contributed by atoms with Crippen LogP contribution in [0.25, 0.3) is 11.4 Å². The lowest BCUT2D eigenvalue weighted by molar-refractivity contribution is 0.0497. The lowest BCUT2D eigenvalue weighted by atomic mass is 9.74. The lowest BCUT2D eigenvalue weighted by Gasteiger charge is -2.40. The highest BCUT2D eigenvalue weighted by Gasteiger charge is 2.53. The topological polar surface area (TPSA) is 41.3 Å². The number of fused-ring (bicyclic) bond motifs is 8. The van der Waals surface area contributed by atoms with Crippen LogP contribution in [-0.4, -0.2) is 39.2 Å². The van der Waals surface area contributed by atoms with Gasteiger partial charge in [-0.3, -0.25) is 0 Å². The van der Waals surface area contributed by atoms with Crippen LogP contribution in [0.2, 0.25) is 0 Å². The number of imidazole rings is 1. The maximum Gasteiger partial charge on any atom is 0.139 e. The number of nitrogens with zero attached hydrogens (tertiary/aromatic N) is 3. The van der Waals surface area contributed by atoms with Gasteiger partial charge in [-0.25, -0.2) is 4.98 Å². The molecule has 2 aliphatic carbocycles. The molecule has 7 rings (SSSR count). The van der Waals surface area contributed by atoms with E-state index in [-0.39, 0.29) is 11.3 Å². The molecule has 1 atom stereocenters. The van der Waals surface area contributed by atoms with E-state index in [0.29, 0.717) is 5.92 Å². The second-order valence-corrected chi connectivity index (χ2v) is 11.0. The van der Waals surface area contributed by atoms with Crippen molar-refractivity contribution in [3.05, 3.63) is 113 Å². The van der Waals surface area contributed by atoms with Gasteiger partial charge < -0.3 is 14.6 Å². The normalized spacial score (nSPS) is 24.0. The Kier molecular flexibility index (Phi) is 5.16. The zero-order chi connectivity index (χ0) is 24.3. The summed E-state index contributed by atoms with van der Waals surface area (Å²) in [7, 11) is 2.02. The minimum absolute atomic E-state index is 0.107. The van der Waals surface area contributed by atoms with Crippen molar-refractivity contribution in [2.24, 2.45) is 13.0 Å². The molecule has 3 aromatic carbocycles. The molecule has 0 amide bonds. The van der Waals surface area contributed by atoms with Crippen LogP contribution >= 0.6 is 0 Å². The number of likely N-dealkylation sites (tertiary alicyclic amines) is 1. The van der Waals surface area contributed by atoms with Gasteiger partial charge in [0, 0.05) is 30.5 Å². The molecule has 1 saturated heterocycles. The Balaban J connectivity index is 1.08. The minimum atomic E-state index is -0.482. The van der Waals surface area contributed by atoms with Crippen molar-refractivity contribution in [3.63, 3.8) is 0 Å². The highest BCUT2D eigenvalue weighted by Crippen LogP contribution is 2.60. The highest BCUT2D eigenvalue weighted by atomic mass is 16.3. The Morgan fingerprint density at radius 3 is 2.17 bits per heavy atom. The first-order chi connectivity index (χ1) is 17.7. The third kappa shape index (κ3) is 3.24. The molecular weight excluding hydrogens is 442 g/mol. The largest absolute Gasteiger partial charge is 0.387 e. The summed E-state index contributed by atoms with van der Waals surface area (Å²) < 4.78 is 2.07. The van der Waals surface area contributed by atoms with Gasteiger partial charge in [-0.2, -0.15) is 0 Å². The van der Waals surface area contributed by atoms with E-state index in [9.17, 15) is 5.11 Å². The van der Waals surface area contributed by atoms with Crippen LogP contribution in [-0.2, 0) is 12.5 Å². The van der Waals surface area contributed by atoms with Crippen LogP contribution in [0.15, 0.2) is 85.1 Å². The molecule has 3 aliphatic rings. The number of aliphatic hydroxyl groups excluding tert-OH is 1. The average Bonchev–Trinajstić information content (AvgIpc) is 3.58. The summed E-state index contributed by atoms with van der Waals surface area (Å²) in [5.74, 6) is 1.72. The molecule has 2 bridgehead atoms. The second kappa shape index (κ2) is 8.43. The predicted octanol–water partition coefficient (Wildman–Crippen LogP) is 5.67.